The molecular formula is C13H20O. The molecule has 0 bridgehead atoms. The van der Waals surface area contributed by atoms with Gasteiger partial charge >= 0.3 is 0 Å². The maximum absolute atomic E-state index is 6.00. The van der Waals surface area contributed by atoms with Crippen molar-refractivity contribution in [2.45, 2.75) is 52.1 Å². The molecule has 0 N–H and O–H groups in total. The normalized spacial score (nSPS) is 32.1. The smallest absolute Gasteiger partial charge is 0.119 e. The molecule has 0 amide bonds. The van der Waals surface area contributed by atoms with Crippen LogP contribution >= 0.6 is 0 Å². The van der Waals surface area contributed by atoms with E-state index in [0.717, 1.165) is 12.3 Å². The monoisotopic (exact) mass is 192 g/mol. The van der Waals surface area contributed by atoms with Crippen molar-refractivity contribution in [3.8, 4) is 0 Å². The van der Waals surface area contributed by atoms with Crippen LogP contribution in [0.1, 0.15) is 46.0 Å². The number of hydrogen-bond acceptors (Lipinski definition) is 1. The molecule has 1 saturated carbocycles. The molecule has 0 aromatic heterocycles. The average molecular weight is 192 g/mol. The van der Waals surface area contributed by atoms with Crippen molar-refractivity contribution >= 4 is 0 Å². The van der Waals surface area contributed by atoms with Gasteiger partial charge in [0.05, 0.1) is 0 Å². The molecule has 1 aliphatic carbocycles. The first-order valence-corrected chi connectivity index (χ1v) is 5.89. The molecule has 2 rings (SSSR count). The van der Waals surface area contributed by atoms with Crippen LogP contribution < -0.4 is 0 Å². The van der Waals surface area contributed by atoms with E-state index in [2.05, 4.69) is 26.0 Å². The summed E-state index contributed by atoms with van der Waals surface area (Å²) in [5, 5.41) is 0. The van der Waals surface area contributed by atoms with E-state index in [0.29, 0.717) is 6.10 Å². The number of allylic oxidation sites excluding steroid dienone is 2. The van der Waals surface area contributed by atoms with Crippen LogP contribution in [0.3, 0.4) is 0 Å². The highest BCUT2D eigenvalue weighted by Crippen LogP contribution is 2.42. The summed E-state index contributed by atoms with van der Waals surface area (Å²) >= 11 is 0. The minimum absolute atomic E-state index is 0.505. The minimum atomic E-state index is 0.505. The second-order valence-electron chi connectivity index (χ2n) is 4.29. The third-order valence-electron chi connectivity index (χ3n) is 3.44. The van der Waals surface area contributed by atoms with E-state index in [1.165, 1.54) is 31.4 Å². The summed E-state index contributed by atoms with van der Waals surface area (Å²) in [6, 6.07) is 0. The van der Waals surface area contributed by atoms with E-state index in [-0.39, 0.29) is 0 Å². The van der Waals surface area contributed by atoms with Crippen LogP contribution in [-0.2, 0) is 4.74 Å². The highest BCUT2D eigenvalue weighted by atomic mass is 16.5. The third kappa shape index (κ3) is 1.60. The molecule has 1 heterocycles. The molecule has 1 aliphatic heterocycles. The summed E-state index contributed by atoms with van der Waals surface area (Å²) < 4.78 is 6.00. The molecule has 2 unspecified atom stereocenters. The van der Waals surface area contributed by atoms with Gasteiger partial charge in [-0.05, 0) is 44.3 Å². The topological polar surface area (TPSA) is 9.23 Å². The van der Waals surface area contributed by atoms with Crippen molar-refractivity contribution in [2.24, 2.45) is 5.92 Å². The van der Waals surface area contributed by atoms with E-state index in [9.17, 15) is 0 Å². The van der Waals surface area contributed by atoms with Gasteiger partial charge in [-0.15, -0.1) is 0 Å². The van der Waals surface area contributed by atoms with Gasteiger partial charge in [0.1, 0.15) is 11.9 Å². The molecule has 1 heteroatoms. The van der Waals surface area contributed by atoms with Gasteiger partial charge in [0.2, 0.25) is 0 Å². The zero-order valence-corrected chi connectivity index (χ0v) is 9.25. The van der Waals surface area contributed by atoms with Gasteiger partial charge in [-0.3, -0.25) is 0 Å². The van der Waals surface area contributed by atoms with Crippen LogP contribution in [0.4, 0.5) is 0 Å². The fourth-order valence-corrected chi connectivity index (χ4v) is 2.79. The molecule has 1 fully saturated rings. The summed E-state index contributed by atoms with van der Waals surface area (Å²) in [4.78, 5) is 0. The second-order valence-corrected chi connectivity index (χ2v) is 4.29. The molecule has 1 nitrogen and oxygen atoms in total. The van der Waals surface area contributed by atoms with Crippen LogP contribution in [-0.4, -0.2) is 6.10 Å². The molecule has 2 atom stereocenters. The van der Waals surface area contributed by atoms with Crippen LogP contribution in [0.2, 0.25) is 0 Å². The summed E-state index contributed by atoms with van der Waals surface area (Å²) in [5.41, 5.74) is 1.56. The summed E-state index contributed by atoms with van der Waals surface area (Å²) in [7, 11) is 0. The van der Waals surface area contributed by atoms with Crippen LogP contribution in [0, 0.1) is 5.92 Å². The molecule has 78 valence electrons. The quantitative estimate of drug-likeness (QED) is 0.646. The van der Waals surface area contributed by atoms with Crippen LogP contribution in [0.15, 0.2) is 23.5 Å². The average Bonchev–Trinajstić information content (AvgIpc) is 2.55. The first kappa shape index (κ1) is 9.82. The van der Waals surface area contributed by atoms with E-state index < -0.39 is 0 Å². The number of fused-ring (bicyclic) bond motifs is 1. The van der Waals surface area contributed by atoms with E-state index in [1.54, 1.807) is 5.57 Å². The minimum Gasteiger partial charge on any atom is -0.490 e. The predicted octanol–water partition coefficient (Wildman–Crippen LogP) is 3.82. The highest BCUT2D eigenvalue weighted by Gasteiger charge is 2.35. The van der Waals surface area contributed by atoms with Crippen LogP contribution in [0.5, 0.6) is 0 Å². The highest BCUT2D eigenvalue weighted by molar-refractivity contribution is 5.27. The molecule has 14 heavy (non-hydrogen) atoms. The maximum Gasteiger partial charge on any atom is 0.119 e. The summed E-state index contributed by atoms with van der Waals surface area (Å²) in [6.45, 7) is 4.31. The first-order chi connectivity index (χ1) is 6.86. The first-order valence-electron chi connectivity index (χ1n) is 5.89. The Balaban J connectivity index is 2.20. The largest absolute Gasteiger partial charge is 0.490 e. The molecule has 2 aliphatic rings. The zero-order valence-electron chi connectivity index (χ0n) is 9.25. The summed E-state index contributed by atoms with van der Waals surface area (Å²) in [5.74, 6) is 1.91. The van der Waals surface area contributed by atoms with Gasteiger partial charge in [0.25, 0.3) is 0 Å². The third-order valence-corrected chi connectivity index (χ3v) is 3.44. The van der Waals surface area contributed by atoms with Crippen molar-refractivity contribution in [2.75, 3.05) is 0 Å². The Morgan fingerprint density at radius 1 is 1.36 bits per heavy atom. The molecule has 0 spiro atoms. The Kier molecular flexibility index (Phi) is 2.95. The lowest BCUT2D eigenvalue weighted by Crippen LogP contribution is -2.22. The number of rotatable bonds is 2. The van der Waals surface area contributed by atoms with Gasteiger partial charge in [-0.1, -0.05) is 19.4 Å². The predicted molar refractivity (Wildman–Crippen MR) is 59.0 cm³/mol. The summed E-state index contributed by atoms with van der Waals surface area (Å²) in [6.07, 6.45) is 11.2. The van der Waals surface area contributed by atoms with Gasteiger partial charge in [0, 0.05) is 5.92 Å². The lowest BCUT2D eigenvalue weighted by molar-refractivity contribution is 0.0873. The Morgan fingerprint density at radius 3 is 2.86 bits per heavy atom. The molecule has 0 radical (unpaired) electrons. The Labute approximate surface area is 86.8 Å². The van der Waals surface area contributed by atoms with Gasteiger partial charge in [-0.2, -0.15) is 0 Å². The van der Waals surface area contributed by atoms with Gasteiger partial charge in [0.15, 0.2) is 0 Å². The fourth-order valence-electron chi connectivity index (χ4n) is 2.79. The van der Waals surface area contributed by atoms with Gasteiger partial charge < -0.3 is 4.74 Å². The van der Waals surface area contributed by atoms with Crippen molar-refractivity contribution in [1.29, 1.82) is 0 Å². The Hall–Kier alpha value is -0.720. The van der Waals surface area contributed by atoms with Crippen LogP contribution in [0.25, 0.3) is 0 Å². The molecule has 0 saturated heterocycles. The Morgan fingerprint density at radius 2 is 2.14 bits per heavy atom. The molecule has 0 aromatic rings. The standard InChI is InChI=1S/C13H20O/c1-3-7-12-10(4-2)11-8-5-6-9-13(11)14-12/h3,7,11,13H,4-6,8-9H2,1-2H3/b7-3-. The number of ether oxygens (including phenoxy) is 1. The SMILES string of the molecule is C/C=C\C1=C(CC)C2CCCCC2O1. The lowest BCUT2D eigenvalue weighted by atomic mass is 9.82. The fraction of sp³-hybridized carbons (Fsp3) is 0.692. The molecular weight excluding hydrogens is 172 g/mol. The van der Waals surface area contributed by atoms with E-state index >= 15 is 0 Å². The number of hydrogen-bond donors (Lipinski definition) is 0. The van der Waals surface area contributed by atoms with E-state index in [1.807, 2.05) is 0 Å². The second kappa shape index (κ2) is 4.20. The lowest BCUT2D eigenvalue weighted by Gasteiger charge is -2.25. The Bertz CT molecular complexity index is 262. The molecule has 0 aromatic carbocycles. The van der Waals surface area contributed by atoms with Gasteiger partial charge in [-0.25, -0.2) is 0 Å². The zero-order chi connectivity index (χ0) is 9.97. The maximum atomic E-state index is 6.00. The van der Waals surface area contributed by atoms with E-state index in [4.69, 9.17) is 4.74 Å². The van der Waals surface area contributed by atoms with Crippen molar-refractivity contribution < 1.29 is 4.74 Å². The van der Waals surface area contributed by atoms with Crippen molar-refractivity contribution in [1.82, 2.24) is 0 Å². The van der Waals surface area contributed by atoms with Crippen molar-refractivity contribution in [3.05, 3.63) is 23.5 Å². The van der Waals surface area contributed by atoms with Crippen molar-refractivity contribution in [3.63, 3.8) is 0 Å².